The minimum atomic E-state index is -4.04. The lowest BCUT2D eigenvalue weighted by atomic mass is 10.1. The summed E-state index contributed by atoms with van der Waals surface area (Å²) in [5, 5.41) is 11.8. The summed E-state index contributed by atoms with van der Waals surface area (Å²) >= 11 is 0. The second-order valence-corrected chi connectivity index (χ2v) is 7.94. The molecular formula is C21H18N2O5S. The SMILES string of the molecule is Cc1ccc(C(=O)Nc2ccccc2)cc1S(=O)(=O)Nc1cccc(C(=O)O)c1. The van der Waals surface area contributed by atoms with Gasteiger partial charge in [0.2, 0.25) is 0 Å². The summed E-state index contributed by atoms with van der Waals surface area (Å²) in [5.74, 6) is -1.61. The molecule has 148 valence electrons. The van der Waals surface area contributed by atoms with E-state index in [2.05, 4.69) is 10.0 Å². The van der Waals surface area contributed by atoms with Crippen LogP contribution in [0.1, 0.15) is 26.3 Å². The molecule has 0 radical (unpaired) electrons. The first kappa shape index (κ1) is 20.1. The highest BCUT2D eigenvalue weighted by Gasteiger charge is 2.20. The molecule has 1 amide bonds. The Balaban J connectivity index is 1.89. The Morgan fingerprint density at radius 2 is 1.52 bits per heavy atom. The number of amides is 1. The minimum Gasteiger partial charge on any atom is -0.478 e. The van der Waals surface area contributed by atoms with Gasteiger partial charge in [0, 0.05) is 16.9 Å². The molecule has 0 unspecified atom stereocenters. The molecule has 3 N–H and O–H groups in total. The predicted octanol–water partition coefficient (Wildman–Crippen LogP) is 3.75. The van der Waals surface area contributed by atoms with Crippen LogP contribution < -0.4 is 10.0 Å². The number of carbonyl (C=O) groups is 2. The number of aryl methyl sites for hydroxylation is 1. The Morgan fingerprint density at radius 1 is 0.828 bits per heavy atom. The quantitative estimate of drug-likeness (QED) is 0.573. The second kappa shape index (κ2) is 8.15. The Bertz CT molecular complexity index is 1170. The molecule has 0 saturated carbocycles. The largest absolute Gasteiger partial charge is 0.478 e. The Kier molecular flexibility index (Phi) is 5.65. The Morgan fingerprint density at radius 3 is 2.21 bits per heavy atom. The third kappa shape index (κ3) is 4.80. The van der Waals surface area contributed by atoms with Gasteiger partial charge in [-0.1, -0.05) is 30.3 Å². The summed E-state index contributed by atoms with van der Waals surface area (Å²) < 4.78 is 28.1. The lowest BCUT2D eigenvalue weighted by molar-refractivity contribution is 0.0696. The monoisotopic (exact) mass is 410 g/mol. The van der Waals surface area contributed by atoms with E-state index in [4.69, 9.17) is 5.11 Å². The van der Waals surface area contributed by atoms with Crippen LogP contribution in [0.15, 0.2) is 77.7 Å². The highest BCUT2D eigenvalue weighted by Crippen LogP contribution is 2.22. The van der Waals surface area contributed by atoms with Crippen molar-refractivity contribution in [3.63, 3.8) is 0 Å². The van der Waals surface area contributed by atoms with Crippen LogP contribution in [0.2, 0.25) is 0 Å². The topological polar surface area (TPSA) is 113 Å². The smallest absolute Gasteiger partial charge is 0.335 e. The van der Waals surface area contributed by atoms with Crippen LogP contribution in [-0.2, 0) is 10.0 Å². The molecule has 0 bridgehead atoms. The van der Waals surface area contributed by atoms with E-state index in [1.807, 2.05) is 6.07 Å². The molecule has 0 aliphatic rings. The number of carboxylic acid groups (broad SMARTS) is 1. The number of carboxylic acids is 1. The van der Waals surface area contributed by atoms with Gasteiger partial charge in [-0.15, -0.1) is 0 Å². The van der Waals surface area contributed by atoms with Crippen molar-refractivity contribution in [3.05, 3.63) is 89.5 Å². The highest BCUT2D eigenvalue weighted by molar-refractivity contribution is 7.92. The average Bonchev–Trinajstić information content (AvgIpc) is 2.68. The third-order valence-electron chi connectivity index (χ3n) is 4.13. The summed E-state index contributed by atoms with van der Waals surface area (Å²) in [4.78, 5) is 23.5. The maximum atomic E-state index is 12.8. The van der Waals surface area contributed by atoms with E-state index in [0.29, 0.717) is 11.3 Å². The van der Waals surface area contributed by atoms with Crippen molar-refractivity contribution in [1.29, 1.82) is 0 Å². The molecule has 0 saturated heterocycles. The lowest BCUT2D eigenvalue weighted by Gasteiger charge is -2.12. The van der Waals surface area contributed by atoms with Crippen molar-refractivity contribution in [3.8, 4) is 0 Å². The van der Waals surface area contributed by atoms with Crippen molar-refractivity contribution in [1.82, 2.24) is 0 Å². The van der Waals surface area contributed by atoms with E-state index in [1.165, 1.54) is 36.4 Å². The van der Waals surface area contributed by atoms with Gasteiger partial charge in [0.1, 0.15) is 0 Å². The van der Waals surface area contributed by atoms with Crippen molar-refractivity contribution >= 4 is 33.3 Å². The number of para-hydroxylation sites is 1. The van der Waals surface area contributed by atoms with Gasteiger partial charge in [-0.25, -0.2) is 13.2 Å². The van der Waals surface area contributed by atoms with Gasteiger partial charge in [0.25, 0.3) is 15.9 Å². The third-order valence-corrected chi connectivity index (χ3v) is 5.66. The number of benzene rings is 3. The summed E-state index contributed by atoms with van der Waals surface area (Å²) in [6.07, 6.45) is 0. The number of carbonyl (C=O) groups excluding carboxylic acids is 1. The standard InChI is InChI=1S/C21H18N2O5S/c1-14-10-11-15(20(24)22-17-7-3-2-4-8-17)13-19(14)29(27,28)23-18-9-5-6-16(12-18)21(25)26/h2-13,23H,1H3,(H,22,24)(H,25,26). The van der Waals surface area contributed by atoms with Crippen molar-refractivity contribution in [2.45, 2.75) is 11.8 Å². The number of anilines is 2. The van der Waals surface area contributed by atoms with Gasteiger partial charge in [0.05, 0.1) is 10.5 Å². The van der Waals surface area contributed by atoms with E-state index in [9.17, 15) is 18.0 Å². The molecule has 8 heteroatoms. The number of hydrogen-bond donors (Lipinski definition) is 3. The number of sulfonamides is 1. The highest BCUT2D eigenvalue weighted by atomic mass is 32.2. The van der Waals surface area contributed by atoms with Crippen LogP contribution in [0.5, 0.6) is 0 Å². The zero-order chi connectivity index (χ0) is 21.0. The summed E-state index contributed by atoms with van der Waals surface area (Å²) in [7, 11) is -4.04. The first-order valence-electron chi connectivity index (χ1n) is 8.59. The van der Waals surface area contributed by atoms with Crippen molar-refractivity contribution < 1.29 is 23.1 Å². The van der Waals surface area contributed by atoms with E-state index in [1.54, 1.807) is 37.3 Å². The van der Waals surface area contributed by atoms with Gasteiger partial charge in [-0.3, -0.25) is 9.52 Å². The molecule has 0 aromatic heterocycles. The normalized spacial score (nSPS) is 10.9. The number of nitrogens with one attached hydrogen (secondary N) is 2. The fraction of sp³-hybridized carbons (Fsp3) is 0.0476. The van der Waals surface area contributed by atoms with Crippen molar-refractivity contribution in [2.24, 2.45) is 0 Å². The molecule has 3 rings (SSSR count). The molecule has 0 atom stereocenters. The van der Waals surface area contributed by atoms with Gasteiger partial charge in [-0.05, 0) is 55.0 Å². The molecule has 3 aromatic carbocycles. The van der Waals surface area contributed by atoms with Gasteiger partial charge >= 0.3 is 5.97 Å². The maximum absolute atomic E-state index is 12.8. The van der Waals surface area contributed by atoms with Crippen LogP contribution in [0.25, 0.3) is 0 Å². The van der Waals surface area contributed by atoms with Crippen molar-refractivity contribution in [2.75, 3.05) is 10.0 Å². The van der Waals surface area contributed by atoms with Crippen LogP contribution in [-0.4, -0.2) is 25.4 Å². The molecule has 3 aromatic rings. The maximum Gasteiger partial charge on any atom is 0.335 e. The van der Waals surface area contributed by atoms with Crippen LogP contribution in [0.3, 0.4) is 0 Å². The van der Waals surface area contributed by atoms with Gasteiger partial charge in [0.15, 0.2) is 0 Å². The molecule has 29 heavy (non-hydrogen) atoms. The summed E-state index contributed by atoms with van der Waals surface area (Å²) in [5.41, 5.74) is 1.29. The van der Waals surface area contributed by atoms with Crippen LogP contribution in [0.4, 0.5) is 11.4 Å². The molecule has 0 spiro atoms. The first-order valence-corrected chi connectivity index (χ1v) is 10.1. The zero-order valence-electron chi connectivity index (χ0n) is 15.4. The van der Waals surface area contributed by atoms with Crippen LogP contribution >= 0.6 is 0 Å². The molecular weight excluding hydrogens is 392 g/mol. The summed E-state index contributed by atoms with van der Waals surface area (Å²) in [6.45, 7) is 1.61. The minimum absolute atomic E-state index is 0.0436. The Labute approximate surface area is 168 Å². The lowest BCUT2D eigenvalue weighted by Crippen LogP contribution is -2.17. The summed E-state index contributed by atoms with van der Waals surface area (Å²) in [6, 6.07) is 18.7. The average molecular weight is 410 g/mol. The van der Waals surface area contributed by atoms with E-state index >= 15 is 0 Å². The molecule has 7 nitrogen and oxygen atoms in total. The fourth-order valence-electron chi connectivity index (χ4n) is 2.68. The zero-order valence-corrected chi connectivity index (χ0v) is 16.2. The van der Waals surface area contributed by atoms with E-state index in [-0.39, 0.29) is 21.7 Å². The van der Waals surface area contributed by atoms with Gasteiger partial charge in [-0.2, -0.15) is 0 Å². The second-order valence-electron chi connectivity index (χ2n) is 6.29. The predicted molar refractivity (Wildman–Crippen MR) is 110 cm³/mol. The number of aromatic carboxylic acids is 1. The number of rotatable bonds is 6. The molecule has 0 aliphatic heterocycles. The molecule has 0 fully saturated rings. The number of hydrogen-bond acceptors (Lipinski definition) is 4. The van der Waals surface area contributed by atoms with E-state index in [0.717, 1.165) is 0 Å². The van der Waals surface area contributed by atoms with Crippen LogP contribution in [0, 0.1) is 6.92 Å². The van der Waals surface area contributed by atoms with E-state index < -0.39 is 21.9 Å². The molecule has 0 heterocycles. The molecule has 0 aliphatic carbocycles. The first-order chi connectivity index (χ1) is 13.8. The fourth-order valence-corrected chi connectivity index (χ4v) is 4.00. The van der Waals surface area contributed by atoms with Gasteiger partial charge < -0.3 is 10.4 Å². The Hall–Kier alpha value is -3.65.